The van der Waals surface area contributed by atoms with Crippen LogP contribution in [0.4, 0.5) is 0 Å². The van der Waals surface area contributed by atoms with E-state index in [9.17, 15) is 0 Å². The van der Waals surface area contributed by atoms with Gasteiger partial charge in [-0.3, -0.25) is 0 Å². The largest absolute Gasteiger partial charge is 0.394 e. The first-order valence-corrected chi connectivity index (χ1v) is 2.64. The van der Waals surface area contributed by atoms with Crippen LogP contribution in [-0.2, 0) is 4.74 Å². The maximum absolute atomic E-state index is 8.37. The summed E-state index contributed by atoms with van der Waals surface area (Å²) in [6.45, 7) is 0.424. The molecule has 0 spiro atoms. The standard InChI is InChI=1S/C5H11O4/c6-1-2-9-5(3-7)4-8/h2,5-8H,1,3-4H2. The summed E-state index contributed by atoms with van der Waals surface area (Å²) >= 11 is 0. The van der Waals surface area contributed by atoms with Gasteiger partial charge in [-0.05, 0) is 0 Å². The summed E-state index contributed by atoms with van der Waals surface area (Å²) in [4.78, 5) is 0. The van der Waals surface area contributed by atoms with Gasteiger partial charge in [-0.15, -0.1) is 0 Å². The molecule has 9 heavy (non-hydrogen) atoms. The van der Waals surface area contributed by atoms with Crippen molar-refractivity contribution in [2.24, 2.45) is 0 Å². The van der Waals surface area contributed by atoms with Gasteiger partial charge in [0.25, 0.3) is 0 Å². The van der Waals surface area contributed by atoms with Crippen LogP contribution in [0.5, 0.6) is 0 Å². The molecule has 1 radical (unpaired) electrons. The molecule has 0 saturated heterocycles. The molecule has 4 nitrogen and oxygen atoms in total. The van der Waals surface area contributed by atoms with E-state index in [0.29, 0.717) is 0 Å². The SMILES string of the molecule is OC[CH]OC(CO)CO. The highest BCUT2D eigenvalue weighted by atomic mass is 16.5. The lowest BCUT2D eigenvalue weighted by Crippen LogP contribution is -2.21. The van der Waals surface area contributed by atoms with Crippen molar-refractivity contribution in [1.82, 2.24) is 0 Å². The first-order valence-electron chi connectivity index (χ1n) is 2.64. The monoisotopic (exact) mass is 135 g/mol. The topological polar surface area (TPSA) is 69.9 Å². The van der Waals surface area contributed by atoms with Crippen molar-refractivity contribution in [2.75, 3.05) is 19.8 Å². The number of hydrogen-bond donors (Lipinski definition) is 3. The first-order chi connectivity index (χ1) is 4.35. The Bertz CT molecular complexity index is 52.9. The highest BCUT2D eigenvalue weighted by molar-refractivity contribution is 4.56. The Hall–Kier alpha value is -0.160. The van der Waals surface area contributed by atoms with Gasteiger partial charge >= 0.3 is 0 Å². The fraction of sp³-hybridized carbons (Fsp3) is 0.800. The van der Waals surface area contributed by atoms with Crippen molar-refractivity contribution < 1.29 is 20.1 Å². The molecule has 0 unspecified atom stereocenters. The molecule has 0 aromatic heterocycles. The van der Waals surface area contributed by atoms with Gasteiger partial charge in [0, 0.05) is 0 Å². The molecular weight excluding hydrogens is 124 g/mol. The van der Waals surface area contributed by atoms with Gasteiger partial charge in [0.05, 0.1) is 19.8 Å². The van der Waals surface area contributed by atoms with Gasteiger partial charge in [0.1, 0.15) is 12.7 Å². The van der Waals surface area contributed by atoms with Gasteiger partial charge in [0.15, 0.2) is 0 Å². The molecule has 0 atom stereocenters. The zero-order valence-corrected chi connectivity index (χ0v) is 5.03. The van der Waals surface area contributed by atoms with Crippen LogP contribution in [0, 0.1) is 6.61 Å². The zero-order chi connectivity index (χ0) is 7.11. The minimum Gasteiger partial charge on any atom is -0.394 e. The minimum atomic E-state index is -0.600. The van der Waals surface area contributed by atoms with Gasteiger partial charge in [0.2, 0.25) is 0 Å². The van der Waals surface area contributed by atoms with Crippen LogP contribution in [0.3, 0.4) is 0 Å². The Kier molecular flexibility index (Phi) is 5.86. The fourth-order valence-electron chi connectivity index (χ4n) is 0.323. The van der Waals surface area contributed by atoms with Crippen LogP contribution in [-0.4, -0.2) is 41.2 Å². The maximum atomic E-state index is 8.37. The van der Waals surface area contributed by atoms with E-state index in [1.807, 2.05) is 0 Å². The third-order valence-corrected chi connectivity index (χ3v) is 0.770. The zero-order valence-electron chi connectivity index (χ0n) is 5.03. The number of hydrogen-bond acceptors (Lipinski definition) is 4. The Morgan fingerprint density at radius 1 is 1.22 bits per heavy atom. The molecule has 0 aliphatic carbocycles. The second-order valence-corrected chi connectivity index (χ2v) is 1.47. The van der Waals surface area contributed by atoms with E-state index < -0.39 is 6.10 Å². The normalized spacial score (nSPS) is 10.7. The lowest BCUT2D eigenvalue weighted by atomic mass is 10.4. The molecule has 4 heteroatoms. The van der Waals surface area contributed by atoms with Crippen LogP contribution in [0.2, 0.25) is 0 Å². The predicted octanol–water partition coefficient (Wildman–Crippen LogP) is -1.49. The summed E-state index contributed by atoms with van der Waals surface area (Å²) in [5.41, 5.74) is 0. The Morgan fingerprint density at radius 2 is 1.78 bits per heavy atom. The van der Waals surface area contributed by atoms with E-state index in [0.717, 1.165) is 6.61 Å². The Morgan fingerprint density at radius 3 is 2.11 bits per heavy atom. The van der Waals surface area contributed by atoms with E-state index in [1.165, 1.54) is 0 Å². The Balaban J connectivity index is 3.09. The lowest BCUT2D eigenvalue weighted by molar-refractivity contribution is 0.00104. The van der Waals surface area contributed by atoms with Crippen molar-refractivity contribution in [3.63, 3.8) is 0 Å². The van der Waals surface area contributed by atoms with Crippen LogP contribution < -0.4 is 0 Å². The van der Waals surface area contributed by atoms with E-state index in [2.05, 4.69) is 4.74 Å². The minimum absolute atomic E-state index is 0.212. The molecule has 0 amide bonds. The summed E-state index contributed by atoms with van der Waals surface area (Å²) in [5, 5.41) is 24.9. The molecule has 0 aromatic carbocycles. The van der Waals surface area contributed by atoms with Crippen molar-refractivity contribution in [3.8, 4) is 0 Å². The average molecular weight is 135 g/mol. The quantitative estimate of drug-likeness (QED) is 0.429. The highest BCUT2D eigenvalue weighted by Gasteiger charge is 2.03. The van der Waals surface area contributed by atoms with Crippen LogP contribution in [0.15, 0.2) is 0 Å². The fourth-order valence-corrected chi connectivity index (χ4v) is 0.323. The van der Waals surface area contributed by atoms with Gasteiger partial charge in [-0.25, -0.2) is 0 Å². The van der Waals surface area contributed by atoms with Crippen molar-refractivity contribution >= 4 is 0 Å². The van der Waals surface area contributed by atoms with Crippen molar-refractivity contribution in [1.29, 1.82) is 0 Å². The van der Waals surface area contributed by atoms with Crippen LogP contribution in [0.1, 0.15) is 0 Å². The van der Waals surface area contributed by atoms with Crippen molar-refractivity contribution in [3.05, 3.63) is 6.61 Å². The lowest BCUT2D eigenvalue weighted by Gasteiger charge is -2.09. The molecule has 0 bridgehead atoms. The summed E-state index contributed by atoms with van der Waals surface area (Å²) in [5.74, 6) is 0. The number of aliphatic hydroxyl groups is 3. The molecule has 0 fully saturated rings. The summed E-state index contributed by atoms with van der Waals surface area (Å²) < 4.78 is 4.61. The number of ether oxygens (including phenoxy) is 1. The molecular formula is C5H11O4. The predicted molar refractivity (Wildman–Crippen MR) is 30.4 cm³/mol. The highest BCUT2D eigenvalue weighted by Crippen LogP contribution is 1.90. The second kappa shape index (κ2) is 5.97. The third kappa shape index (κ3) is 4.35. The number of aliphatic hydroxyl groups excluding tert-OH is 3. The first kappa shape index (κ1) is 8.84. The molecule has 0 aromatic rings. The Labute approximate surface area is 53.7 Å². The molecule has 0 heterocycles. The molecule has 0 aliphatic rings. The van der Waals surface area contributed by atoms with Crippen LogP contribution >= 0.6 is 0 Å². The maximum Gasteiger partial charge on any atom is 0.110 e. The number of rotatable bonds is 5. The van der Waals surface area contributed by atoms with Crippen LogP contribution in [0.25, 0.3) is 0 Å². The van der Waals surface area contributed by atoms with E-state index >= 15 is 0 Å². The third-order valence-electron chi connectivity index (χ3n) is 0.770. The second-order valence-electron chi connectivity index (χ2n) is 1.47. The molecule has 0 saturated carbocycles. The average Bonchev–Trinajstić information content (AvgIpc) is 1.91. The van der Waals surface area contributed by atoms with Crippen molar-refractivity contribution in [2.45, 2.75) is 6.10 Å². The summed E-state index contributed by atoms with van der Waals surface area (Å²) in [6.07, 6.45) is -0.600. The summed E-state index contributed by atoms with van der Waals surface area (Å²) in [7, 11) is 0. The van der Waals surface area contributed by atoms with E-state index in [-0.39, 0.29) is 19.8 Å². The van der Waals surface area contributed by atoms with E-state index in [4.69, 9.17) is 15.3 Å². The summed E-state index contributed by atoms with van der Waals surface area (Å²) in [6, 6.07) is 0. The molecule has 0 rings (SSSR count). The smallest absolute Gasteiger partial charge is 0.110 e. The molecule has 3 N–H and O–H groups in total. The van der Waals surface area contributed by atoms with Gasteiger partial charge < -0.3 is 20.1 Å². The van der Waals surface area contributed by atoms with E-state index in [1.54, 1.807) is 0 Å². The molecule has 0 aliphatic heterocycles. The molecule has 55 valence electrons. The van der Waals surface area contributed by atoms with Gasteiger partial charge in [-0.2, -0.15) is 0 Å². The van der Waals surface area contributed by atoms with Gasteiger partial charge in [-0.1, -0.05) is 0 Å².